The minimum atomic E-state index is -2.63. The number of ether oxygens (including phenoxy) is 1. The maximum atomic E-state index is 12.6. The minimum Gasteiger partial charge on any atom is -0.497 e. The number of hydrogen-bond donors (Lipinski definition) is 0. The molecule has 0 aromatic carbocycles. The van der Waals surface area contributed by atoms with Crippen molar-refractivity contribution in [2.75, 3.05) is 7.11 Å². The third kappa shape index (κ3) is 2.89. The third-order valence-corrected chi connectivity index (χ3v) is 2.57. The zero-order valence-electron chi connectivity index (χ0n) is 10.1. The highest BCUT2D eigenvalue weighted by molar-refractivity contribution is 5.59. The van der Waals surface area contributed by atoms with Crippen molar-refractivity contribution in [1.29, 1.82) is 0 Å². The fourth-order valence-electron chi connectivity index (χ4n) is 1.58. The lowest BCUT2D eigenvalue weighted by Crippen LogP contribution is -2.17. The first kappa shape index (κ1) is 13.1. The zero-order valence-corrected chi connectivity index (χ0v) is 10.1. The molecule has 0 radical (unpaired) electrons. The molecule has 0 saturated carbocycles. The number of pyridine rings is 1. The average Bonchev–Trinajstić information content (AvgIpc) is 2.64. The first-order chi connectivity index (χ1) is 9.11. The lowest BCUT2D eigenvalue weighted by molar-refractivity contribution is 0.150. The molecular formula is C14H11F2NO2. The zero-order chi connectivity index (χ0) is 13.8. The van der Waals surface area contributed by atoms with Crippen LogP contribution in [-0.2, 0) is 4.74 Å². The van der Waals surface area contributed by atoms with Gasteiger partial charge in [0.15, 0.2) is 0 Å². The predicted molar refractivity (Wildman–Crippen MR) is 67.7 cm³/mol. The van der Waals surface area contributed by atoms with Crippen LogP contribution in [0.1, 0.15) is 12.0 Å². The van der Waals surface area contributed by atoms with Crippen LogP contribution >= 0.6 is 0 Å². The molecule has 0 N–H and O–H groups in total. The molecule has 1 heterocycles. The highest BCUT2D eigenvalue weighted by atomic mass is 19.3. The topological polar surface area (TPSA) is 31.2 Å². The molecule has 1 aliphatic carbocycles. The summed E-state index contributed by atoms with van der Waals surface area (Å²) < 4.78 is 31.4. The minimum absolute atomic E-state index is 0.216. The normalized spacial score (nSPS) is 14.1. The van der Waals surface area contributed by atoms with Crippen molar-refractivity contribution < 1.29 is 13.5 Å². The van der Waals surface area contributed by atoms with Gasteiger partial charge in [0.25, 0.3) is 12.0 Å². The van der Waals surface area contributed by atoms with Gasteiger partial charge in [-0.15, -0.1) is 0 Å². The van der Waals surface area contributed by atoms with Crippen LogP contribution in [0.15, 0.2) is 58.9 Å². The van der Waals surface area contributed by atoms with Crippen LogP contribution in [0.2, 0.25) is 0 Å². The van der Waals surface area contributed by atoms with Gasteiger partial charge in [-0.3, -0.25) is 9.36 Å². The standard InChI is InChI=1S/C14H11F2NO2/c1-19-12-4-2-3-11(6-7-12)17-9-10(14(15)16)5-8-13(17)18/h2,4-9,14H,1H3. The molecule has 0 amide bonds. The summed E-state index contributed by atoms with van der Waals surface area (Å²) in [5, 5.41) is 0. The predicted octanol–water partition coefficient (Wildman–Crippen LogP) is 2.88. The van der Waals surface area contributed by atoms with Crippen LogP contribution in [0.3, 0.4) is 0 Å². The summed E-state index contributed by atoms with van der Waals surface area (Å²) in [5.74, 6) is 0.584. The van der Waals surface area contributed by atoms with E-state index in [0.717, 1.165) is 22.9 Å². The number of alkyl halides is 2. The molecule has 0 spiro atoms. The molecule has 2 rings (SSSR count). The van der Waals surface area contributed by atoms with Crippen molar-refractivity contribution in [3.05, 3.63) is 70.0 Å². The Labute approximate surface area is 108 Å². The van der Waals surface area contributed by atoms with Crippen molar-refractivity contribution in [1.82, 2.24) is 4.57 Å². The number of allylic oxidation sites excluding steroid dienone is 4. The van der Waals surface area contributed by atoms with E-state index in [1.54, 1.807) is 24.3 Å². The molecule has 0 fully saturated rings. The number of aromatic nitrogens is 1. The van der Waals surface area contributed by atoms with Crippen molar-refractivity contribution in [3.8, 4) is 0 Å². The second-order valence-electron chi connectivity index (χ2n) is 3.77. The monoisotopic (exact) mass is 263 g/mol. The number of halogens is 2. The Morgan fingerprint density at radius 3 is 2.79 bits per heavy atom. The summed E-state index contributed by atoms with van der Waals surface area (Å²) in [6.45, 7) is 0. The molecule has 1 aromatic rings. The second kappa shape index (κ2) is 5.50. The highest BCUT2D eigenvalue weighted by Gasteiger charge is 2.10. The molecule has 98 valence electrons. The quantitative estimate of drug-likeness (QED) is 0.785. The van der Waals surface area contributed by atoms with E-state index in [2.05, 4.69) is 5.73 Å². The van der Waals surface area contributed by atoms with Gasteiger partial charge in [0.1, 0.15) is 5.76 Å². The molecule has 19 heavy (non-hydrogen) atoms. The van der Waals surface area contributed by atoms with Gasteiger partial charge in [-0.05, 0) is 30.4 Å². The summed E-state index contributed by atoms with van der Waals surface area (Å²) in [6, 6.07) is 2.23. The Morgan fingerprint density at radius 2 is 2.11 bits per heavy atom. The van der Waals surface area contributed by atoms with Crippen LogP contribution in [0.25, 0.3) is 5.70 Å². The van der Waals surface area contributed by atoms with Gasteiger partial charge in [0.2, 0.25) is 0 Å². The molecule has 5 heteroatoms. The van der Waals surface area contributed by atoms with E-state index in [4.69, 9.17) is 4.74 Å². The van der Waals surface area contributed by atoms with Gasteiger partial charge in [0, 0.05) is 17.8 Å². The second-order valence-corrected chi connectivity index (χ2v) is 3.77. The van der Waals surface area contributed by atoms with Crippen LogP contribution in [-0.4, -0.2) is 11.7 Å². The summed E-state index contributed by atoms with van der Waals surface area (Å²) in [5.41, 5.74) is 2.59. The van der Waals surface area contributed by atoms with E-state index in [0.29, 0.717) is 11.5 Å². The molecule has 1 aliphatic rings. The van der Waals surface area contributed by atoms with Gasteiger partial charge >= 0.3 is 0 Å². The number of nitrogens with zero attached hydrogens (tertiary/aromatic N) is 1. The summed E-state index contributed by atoms with van der Waals surface area (Å²) in [7, 11) is 1.51. The summed E-state index contributed by atoms with van der Waals surface area (Å²) >= 11 is 0. The maximum absolute atomic E-state index is 12.6. The highest BCUT2D eigenvalue weighted by Crippen LogP contribution is 2.18. The Kier molecular flexibility index (Phi) is 3.78. The number of rotatable bonds is 3. The molecule has 1 aromatic heterocycles. The van der Waals surface area contributed by atoms with Crippen molar-refractivity contribution >= 4 is 5.70 Å². The Hall–Kier alpha value is -2.39. The van der Waals surface area contributed by atoms with Crippen LogP contribution in [0, 0.1) is 0 Å². The average molecular weight is 263 g/mol. The van der Waals surface area contributed by atoms with Crippen molar-refractivity contribution in [2.24, 2.45) is 0 Å². The van der Waals surface area contributed by atoms with E-state index >= 15 is 0 Å². The molecule has 0 unspecified atom stereocenters. The fraction of sp³-hybridized carbons (Fsp3) is 0.143. The van der Waals surface area contributed by atoms with E-state index in [-0.39, 0.29) is 5.56 Å². The fourth-order valence-corrected chi connectivity index (χ4v) is 1.58. The molecule has 0 aliphatic heterocycles. The van der Waals surface area contributed by atoms with E-state index in [1.165, 1.54) is 7.11 Å². The largest absolute Gasteiger partial charge is 0.497 e. The number of hydrogen-bond acceptors (Lipinski definition) is 2. The van der Waals surface area contributed by atoms with E-state index in [1.807, 2.05) is 0 Å². The molecule has 0 atom stereocenters. The van der Waals surface area contributed by atoms with Crippen molar-refractivity contribution in [2.45, 2.75) is 6.43 Å². The first-order valence-electron chi connectivity index (χ1n) is 5.52. The van der Waals surface area contributed by atoms with Gasteiger partial charge in [-0.1, -0.05) is 5.73 Å². The molecule has 0 bridgehead atoms. The first-order valence-corrected chi connectivity index (χ1v) is 5.52. The lowest BCUT2D eigenvalue weighted by Gasteiger charge is -2.06. The van der Waals surface area contributed by atoms with Gasteiger partial charge < -0.3 is 4.74 Å². The Balaban J connectivity index is 2.47. The molecular weight excluding hydrogens is 252 g/mol. The SMILES string of the molecule is COC1=CC=C=C(n2cc(C(F)F)ccc2=O)C=C1. The van der Waals surface area contributed by atoms with Crippen molar-refractivity contribution in [3.63, 3.8) is 0 Å². The Morgan fingerprint density at radius 1 is 1.32 bits per heavy atom. The van der Waals surface area contributed by atoms with Gasteiger partial charge in [-0.25, -0.2) is 8.78 Å². The van der Waals surface area contributed by atoms with Crippen LogP contribution < -0.4 is 5.56 Å². The third-order valence-electron chi connectivity index (χ3n) is 2.57. The molecule has 3 nitrogen and oxygen atoms in total. The van der Waals surface area contributed by atoms with E-state index < -0.39 is 12.0 Å². The van der Waals surface area contributed by atoms with Crippen LogP contribution in [0.4, 0.5) is 8.78 Å². The van der Waals surface area contributed by atoms with Gasteiger partial charge in [0.05, 0.1) is 12.8 Å². The van der Waals surface area contributed by atoms with Crippen LogP contribution in [0.5, 0.6) is 0 Å². The van der Waals surface area contributed by atoms with E-state index in [9.17, 15) is 13.6 Å². The molecule has 0 saturated heterocycles. The smallest absolute Gasteiger partial charge is 0.265 e. The lowest BCUT2D eigenvalue weighted by atomic mass is 10.2. The number of methoxy groups -OCH3 is 1. The maximum Gasteiger partial charge on any atom is 0.265 e. The Bertz CT molecular complexity index is 662. The summed E-state index contributed by atoms with van der Waals surface area (Å²) in [4.78, 5) is 11.7. The van der Waals surface area contributed by atoms with Gasteiger partial charge in [-0.2, -0.15) is 0 Å². The summed E-state index contributed by atoms with van der Waals surface area (Å²) in [6.07, 6.45) is 4.92.